The summed E-state index contributed by atoms with van der Waals surface area (Å²) in [5.74, 6) is 1.30. The van der Waals surface area contributed by atoms with Crippen molar-refractivity contribution in [3.8, 4) is 5.75 Å². The van der Waals surface area contributed by atoms with Gasteiger partial charge in [0.05, 0.1) is 12.7 Å². The van der Waals surface area contributed by atoms with Gasteiger partial charge in [0.15, 0.2) is 0 Å². The Kier molecular flexibility index (Phi) is 5.36. The summed E-state index contributed by atoms with van der Waals surface area (Å²) in [7, 11) is 3.78. The fourth-order valence-corrected chi connectivity index (χ4v) is 3.40. The van der Waals surface area contributed by atoms with E-state index in [-0.39, 0.29) is 5.91 Å². The number of likely N-dealkylation sites (tertiary alicyclic amines) is 1. The molecule has 3 rings (SSSR count). The molecule has 4 nitrogen and oxygen atoms in total. The van der Waals surface area contributed by atoms with Crippen LogP contribution in [0.2, 0.25) is 0 Å². The van der Waals surface area contributed by atoms with Crippen molar-refractivity contribution in [1.82, 2.24) is 10.2 Å². The Bertz CT molecular complexity index is 706. The molecule has 0 bridgehead atoms. The van der Waals surface area contributed by atoms with Crippen LogP contribution < -0.4 is 10.1 Å². The lowest BCUT2D eigenvalue weighted by Gasteiger charge is -2.28. The van der Waals surface area contributed by atoms with Gasteiger partial charge in [0.1, 0.15) is 5.75 Å². The Morgan fingerprint density at radius 3 is 2.54 bits per heavy atom. The fourth-order valence-electron chi connectivity index (χ4n) is 3.40. The molecular formula is C20H26N2O2. The van der Waals surface area contributed by atoms with E-state index < -0.39 is 0 Å². The summed E-state index contributed by atoms with van der Waals surface area (Å²) in [5, 5.41) is 5.20. The first kappa shape index (κ1) is 16.8. The van der Waals surface area contributed by atoms with E-state index in [1.807, 2.05) is 36.4 Å². The molecule has 1 N–H and O–H groups in total. The highest BCUT2D eigenvalue weighted by molar-refractivity contribution is 6.01. The summed E-state index contributed by atoms with van der Waals surface area (Å²) >= 11 is 0. The topological polar surface area (TPSA) is 41.6 Å². The minimum atomic E-state index is -0.0504. The molecule has 0 radical (unpaired) electrons. The van der Waals surface area contributed by atoms with Crippen LogP contribution in [-0.2, 0) is 0 Å². The second-order valence-corrected chi connectivity index (χ2v) is 6.69. The van der Waals surface area contributed by atoms with Crippen LogP contribution in [0.25, 0.3) is 10.8 Å². The molecule has 0 unspecified atom stereocenters. The molecule has 1 aliphatic rings. The van der Waals surface area contributed by atoms with Crippen molar-refractivity contribution in [3.05, 3.63) is 42.0 Å². The van der Waals surface area contributed by atoms with E-state index >= 15 is 0 Å². The lowest BCUT2D eigenvalue weighted by atomic mass is 9.94. The van der Waals surface area contributed by atoms with Crippen molar-refractivity contribution in [2.45, 2.75) is 19.3 Å². The highest BCUT2D eigenvalue weighted by atomic mass is 16.5. The Morgan fingerprint density at radius 2 is 1.88 bits per heavy atom. The van der Waals surface area contributed by atoms with Gasteiger partial charge >= 0.3 is 0 Å². The molecule has 0 aromatic heterocycles. The van der Waals surface area contributed by atoms with Crippen molar-refractivity contribution >= 4 is 16.7 Å². The van der Waals surface area contributed by atoms with Gasteiger partial charge in [0, 0.05) is 6.54 Å². The summed E-state index contributed by atoms with van der Waals surface area (Å²) in [6, 6.07) is 11.9. The van der Waals surface area contributed by atoms with Crippen molar-refractivity contribution < 1.29 is 9.53 Å². The summed E-state index contributed by atoms with van der Waals surface area (Å²) < 4.78 is 5.42. The number of piperidine rings is 1. The van der Waals surface area contributed by atoms with Crippen LogP contribution in [0.5, 0.6) is 5.75 Å². The zero-order chi connectivity index (χ0) is 16.9. The van der Waals surface area contributed by atoms with Crippen LogP contribution in [0.3, 0.4) is 0 Å². The summed E-state index contributed by atoms with van der Waals surface area (Å²) in [4.78, 5) is 14.9. The number of nitrogens with one attached hydrogen (secondary N) is 1. The molecule has 0 atom stereocenters. The van der Waals surface area contributed by atoms with Gasteiger partial charge < -0.3 is 15.0 Å². The van der Waals surface area contributed by atoms with Crippen LogP contribution in [0.1, 0.15) is 29.6 Å². The summed E-state index contributed by atoms with van der Waals surface area (Å²) in [6.07, 6.45) is 3.51. The van der Waals surface area contributed by atoms with Crippen LogP contribution >= 0.6 is 0 Å². The number of amides is 1. The number of carbonyl (C=O) groups is 1. The van der Waals surface area contributed by atoms with E-state index in [1.54, 1.807) is 7.11 Å². The third kappa shape index (κ3) is 3.88. The number of ether oxygens (including phenoxy) is 1. The first-order valence-electron chi connectivity index (χ1n) is 8.71. The van der Waals surface area contributed by atoms with Crippen LogP contribution in [0.4, 0.5) is 0 Å². The number of hydrogen-bond donors (Lipinski definition) is 1. The zero-order valence-electron chi connectivity index (χ0n) is 14.5. The molecule has 1 aliphatic heterocycles. The molecule has 0 saturated carbocycles. The average Bonchev–Trinajstić information content (AvgIpc) is 2.62. The van der Waals surface area contributed by atoms with E-state index in [0.29, 0.717) is 11.3 Å². The van der Waals surface area contributed by atoms with E-state index in [1.165, 1.54) is 12.8 Å². The van der Waals surface area contributed by atoms with Crippen molar-refractivity contribution in [2.75, 3.05) is 33.8 Å². The molecule has 1 amide bonds. The van der Waals surface area contributed by atoms with Gasteiger partial charge in [-0.3, -0.25) is 4.79 Å². The van der Waals surface area contributed by atoms with Gasteiger partial charge in [-0.25, -0.2) is 0 Å². The highest BCUT2D eigenvalue weighted by Crippen LogP contribution is 2.26. The molecule has 128 valence electrons. The normalized spacial score (nSPS) is 16.2. The van der Waals surface area contributed by atoms with E-state index in [0.717, 1.165) is 42.7 Å². The number of fused-ring (bicyclic) bond motifs is 1. The number of rotatable bonds is 5. The molecule has 4 heteroatoms. The van der Waals surface area contributed by atoms with Gasteiger partial charge in [0.2, 0.25) is 0 Å². The van der Waals surface area contributed by atoms with E-state index in [4.69, 9.17) is 4.74 Å². The van der Waals surface area contributed by atoms with Crippen LogP contribution in [0, 0.1) is 5.92 Å². The lowest BCUT2D eigenvalue weighted by molar-refractivity contribution is 0.0946. The average molecular weight is 326 g/mol. The number of hydrogen-bond acceptors (Lipinski definition) is 3. The molecule has 1 fully saturated rings. The summed E-state index contributed by atoms with van der Waals surface area (Å²) in [5.41, 5.74) is 0.611. The molecule has 2 aromatic carbocycles. The lowest BCUT2D eigenvalue weighted by Crippen LogP contribution is -2.32. The SMILES string of the molecule is COc1cc2ccccc2cc1C(=O)NCCC1CCN(C)CC1. The van der Waals surface area contributed by atoms with Gasteiger partial charge in [-0.1, -0.05) is 24.3 Å². The predicted molar refractivity (Wildman–Crippen MR) is 97.7 cm³/mol. The quantitative estimate of drug-likeness (QED) is 0.916. The largest absolute Gasteiger partial charge is 0.496 e. The Morgan fingerprint density at radius 1 is 1.21 bits per heavy atom. The minimum absolute atomic E-state index is 0.0504. The Balaban J connectivity index is 1.63. The Hall–Kier alpha value is -2.07. The molecule has 0 aliphatic carbocycles. The van der Waals surface area contributed by atoms with Gasteiger partial charge in [-0.15, -0.1) is 0 Å². The van der Waals surface area contributed by atoms with Gasteiger partial charge in [0.25, 0.3) is 5.91 Å². The highest BCUT2D eigenvalue weighted by Gasteiger charge is 2.17. The number of nitrogens with zero attached hydrogens (tertiary/aromatic N) is 1. The number of carbonyl (C=O) groups excluding carboxylic acids is 1. The van der Waals surface area contributed by atoms with E-state index in [9.17, 15) is 4.79 Å². The van der Waals surface area contributed by atoms with E-state index in [2.05, 4.69) is 17.3 Å². The monoisotopic (exact) mass is 326 g/mol. The molecule has 2 aromatic rings. The number of methoxy groups -OCH3 is 1. The third-order valence-electron chi connectivity index (χ3n) is 4.99. The minimum Gasteiger partial charge on any atom is -0.496 e. The maximum absolute atomic E-state index is 12.6. The first-order chi connectivity index (χ1) is 11.7. The molecular weight excluding hydrogens is 300 g/mol. The van der Waals surface area contributed by atoms with Gasteiger partial charge in [-0.2, -0.15) is 0 Å². The zero-order valence-corrected chi connectivity index (χ0v) is 14.5. The number of benzene rings is 2. The summed E-state index contributed by atoms with van der Waals surface area (Å²) in [6.45, 7) is 3.05. The maximum atomic E-state index is 12.6. The maximum Gasteiger partial charge on any atom is 0.255 e. The van der Waals surface area contributed by atoms with Crippen molar-refractivity contribution in [1.29, 1.82) is 0 Å². The van der Waals surface area contributed by atoms with Crippen LogP contribution in [0.15, 0.2) is 36.4 Å². The second kappa shape index (κ2) is 7.67. The smallest absolute Gasteiger partial charge is 0.255 e. The molecule has 0 spiro atoms. The molecule has 24 heavy (non-hydrogen) atoms. The standard InChI is InChI=1S/C20H26N2O2/c1-22-11-8-15(9-12-22)7-10-21-20(23)18-13-16-5-3-4-6-17(16)14-19(18)24-2/h3-6,13-15H,7-12H2,1-2H3,(H,21,23). The Labute approximate surface area is 143 Å². The molecule has 1 saturated heterocycles. The molecule has 1 heterocycles. The van der Waals surface area contributed by atoms with Gasteiger partial charge in [-0.05, 0) is 68.2 Å². The van der Waals surface area contributed by atoms with Crippen molar-refractivity contribution in [3.63, 3.8) is 0 Å². The second-order valence-electron chi connectivity index (χ2n) is 6.69. The van der Waals surface area contributed by atoms with Crippen molar-refractivity contribution in [2.24, 2.45) is 5.92 Å². The van der Waals surface area contributed by atoms with Crippen LogP contribution in [-0.4, -0.2) is 44.6 Å². The first-order valence-corrected chi connectivity index (χ1v) is 8.71. The fraction of sp³-hybridized carbons (Fsp3) is 0.450. The third-order valence-corrected chi connectivity index (χ3v) is 4.99. The predicted octanol–water partition coefficient (Wildman–Crippen LogP) is 3.31.